The number of thioether (sulfide) groups is 1. The number of hydrogen-bond donors (Lipinski definition) is 33. The molecule has 18 amide bonds. The first-order valence-electron chi connectivity index (χ1n) is 51.3. The Morgan fingerprint density at radius 1 is 0.342 bits per heavy atom. The maximum absolute atomic E-state index is 14.9. The molecule has 0 aliphatic carbocycles. The van der Waals surface area contributed by atoms with Gasteiger partial charge in [0.15, 0.2) is 5.96 Å². The van der Waals surface area contributed by atoms with E-state index in [9.17, 15) is 121 Å². The van der Waals surface area contributed by atoms with E-state index in [1.54, 1.807) is 61.6 Å². The molecule has 0 bridgehead atoms. The normalized spacial score (nSPS) is 16.2. The van der Waals surface area contributed by atoms with E-state index in [-0.39, 0.29) is 164 Å². The minimum absolute atomic E-state index is 0.0151. The first kappa shape index (κ1) is 136. The molecule has 52 nitrogen and oxygen atoms in total. The lowest BCUT2D eigenvalue weighted by Gasteiger charge is -2.30. The second kappa shape index (κ2) is 76.0. The Balaban J connectivity index is 3.76. The minimum atomic E-state index is -1.86. The molecule has 149 heavy (non-hydrogen) atoms. The number of aliphatic hydroxyl groups excluding tert-OH is 3. The fourth-order valence-electron chi connectivity index (χ4n) is 15.5. The molecule has 55 heteroatoms. The summed E-state index contributed by atoms with van der Waals surface area (Å²) in [5.74, 6) is -23.1. The lowest BCUT2D eigenvalue weighted by Crippen LogP contribution is -2.62. The number of nitrogens with one attached hydrogen (secondary N) is 19. The van der Waals surface area contributed by atoms with Crippen molar-refractivity contribution in [2.24, 2.45) is 74.7 Å². The van der Waals surface area contributed by atoms with Crippen LogP contribution in [0.4, 0.5) is 0 Å². The molecule has 38 N–H and O–H groups in total. The van der Waals surface area contributed by atoms with Gasteiger partial charge in [-0.15, -0.1) is 0 Å². The average Bonchev–Trinajstić information content (AvgIpc) is 1.84. The first-order chi connectivity index (χ1) is 70.5. The Morgan fingerprint density at radius 2 is 0.611 bits per heavy atom. The van der Waals surface area contributed by atoms with E-state index in [1.165, 1.54) is 25.6 Å². The van der Waals surface area contributed by atoms with E-state index in [4.69, 9.17) is 40.1 Å². The van der Waals surface area contributed by atoms with E-state index in [1.807, 2.05) is 0 Å². The van der Waals surface area contributed by atoms with Gasteiger partial charge in [0, 0.05) is 24.5 Å². The summed E-state index contributed by atoms with van der Waals surface area (Å²) in [6, 6.07) is -27.9. The minimum Gasteiger partial charge on any atom is -0.481 e. The van der Waals surface area contributed by atoms with E-state index >= 15 is 0 Å². The van der Waals surface area contributed by atoms with Crippen LogP contribution in [0.25, 0.3) is 0 Å². The van der Waals surface area contributed by atoms with Gasteiger partial charge >= 0.3 is 11.9 Å². The van der Waals surface area contributed by atoms with Crippen molar-refractivity contribution in [2.75, 3.05) is 89.1 Å². The number of nitrogens with zero attached hydrogens (tertiary/aromatic N) is 1. The van der Waals surface area contributed by atoms with Crippen LogP contribution in [-0.4, -0.2) is 354 Å². The van der Waals surface area contributed by atoms with Crippen LogP contribution in [0.1, 0.15) is 230 Å². The number of carbonyl (C=O) groups is 20. The number of carboxylic acid groups (broad SMARTS) is 2. The highest BCUT2D eigenvalue weighted by Gasteiger charge is 2.42. The van der Waals surface area contributed by atoms with E-state index in [2.05, 4.69) is 131 Å². The number of nitrogens with two attached hydrogens (primary N) is 7. The summed E-state index contributed by atoms with van der Waals surface area (Å²) in [7, 11) is 0. The lowest BCUT2D eigenvalue weighted by molar-refractivity contribution is -0.143. The molecule has 1 heterocycles. The van der Waals surface area contributed by atoms with Crippen molar-refractivity contribution in [1.29, 1.82) is 0 Å². The van der Waals surface area contributed by atoms with Crippen LogP contribution in [0.15, 0.2) is 4.99 Å². The standard InChI is InChI=1S/C94H173N27O25S3/c1-12-54(10)74(121-90(142)70(49-148)117-81(133)60(29-17-22-39-99)104-75(127)55-30-23-40-102-55)92(144)111-63(34-42-149-11)83(135)108-58(27-15-20-37-97)78(130)109-62(32-33-71(125)126)82(134)107-57(26-14-19-36-96)77(129)105-56(25-13-18-35-95)76(128)106-59(28-16-21-38-98)80(132)114-66(45-122)86(138)113-65(44-51(4)5)85(137)119-72(52(6)7)91(143)110-61(31-24-41-103-94(100)101)79(131)112-64(43-50(2)3)84(136)115-67(46-123)87(139)116-68(47-124)88(140)118-69(48-147)89(141)120-73(53(8)9)93(145)146/h50-70,72-74,102,122-124,147-148H,12-49,95-99H2,1-11H3,(H,104,127)(H,105,129)(H,106,128)(H,107,134)(H,108,135)(H,109,130)(H,110,143)(H,111,144)(H,112,131)(H,113,138)(H,114,132)(H,115,136)(H,116,139)(H,117,133)(H,118,140)(H,119,137)(H,120,141)(H,121,142)(H,125,126)(H,145,146)(H4,100,101,103)/t54-,55-,56-,57-,58-,59-,60-,61-,62-,63-,64-,65-,66-,67-,68-,69-,70-,72-,73-,74-/m0/s1. The zero-order chi connectivity index (χ0) is 113. The number of aliphatic imine (C=N–C) groups is 1. The monoisotopic (exact) mass is 2180 g/mol. The van der Waals surface area contributed by atoms with Crippen molar-refractivity contribution in [1.82, 2.24) is 101 Å². The number of rotatable bonds is 80. The highest BCUT2D eigenvalue weighted by Crippen LogP contribution is 2.19. The molecule has 1 fully saturated rings. The fourth-order valence-corrected chi connectivity index (χ4v) is 16.5. The third-order valence-corrected chi connectivity index (χ3v) is 25.8. The number of guanidine groups is 1. The molecule has 20 atom stereocenters. The Bertz CT molecular complexity index is 4240. The fraction of sp³-hybridized carbons (Fsp3) is 0.777. The maximum Gasteiger partial charge on any atom is 0.326 e. The van der Waals surface area contributed by atoms with Crippen molar-refractivity contribution in [3.05, 3.63) is 0 Å². The van der Waals surface area contributed by atoms with Crippen molar-refractivity contribution in [3.8, 4) is 0 Å². The predicted molar refractivity (Wildman–Crippen MR) is 565 cm³/mol. The molecule has 1 aliphatic heterocycles. The Labute approximate surface area is 887 Å². The Kier molecular flexibility index (Phi) is 69.5. The number of aliphatic hydroxyl groups is 3. The number of aliphatic carboxylic acids is 2. The number of amides is 18. The van der Waals surface area contributed by atoms with Gasteiger partial charge in [0.05, 0.1) is 25.9 Å². The van der Waals surface area contributed by atoms with E-state index in [0.29, 0.717) is 64.5 Å². The van der Waals surface area contributed by atoms with Gasteiger partial charge in [-0.25, -0.2) is 4.79 Å². The van der Waals surface area contributed by atoms with Crippen LogP contribution in [0.2, 0.25) is 0 Å². The van der Waals surface area contributed by atoms with Gasteiger partial charge < -0.3 is 167 Å². The smallest absolute Gasteiger partial charge is 0.326 e. The molecule has 1 aliphatic rings. The van der Waals surface area contributed by atoms with Crippen molar-refractivity contribution in [2.45, 2.75) is 345 Å². The molecule has 0 aromatic rings. The Morgan fingerprint density at radius 3 is 0.899 bits per heavy atom. The highest BCUT2D eigenvalue weighted by molar-refractivity contribution is 7.98. The quantitative estimate of drug-likeness (QED) is 0.0116. The summed E-state index contributed by atoms with van der Waals surface area (Å²) >= 11 is 9.75. The van der Waals surface area contributed by atoms with Crippen LogP contribution in [0.5, 0.6) is 0 Å². The van der Waals surface area contributed by atoms with Crippen LogP contribution in [0.3, 0.4) is 0 Å². The van der Waals surface area contributed by atoms with Crippen molar-refractivity contribution < 1.29 is 121 Å². The Hall–Kier alpha value is -10.6. The number of hydrogen-bond acceptors (Lipinski definition) is 33. The van der Waals surface area contributed by atoms with Crippen LogP contribution < -0.4 is 141 Å². The highest BCUT2D eigenvalue weighted by atomic mass is 32.2. The largest absolute Gasteiger partial charge is 0.481 e. The molecule has 0 radical (unpaired) electrons. The molecule has 852 valence electrons. The summed E-state index contributed by atoms with van der Waals surface area (Å²) in [6.07, 6.45) is 4.25. The van der Waals surface area contributed by atoms with Gasteiger partial charge in [-0.2, -0.15) is 37.0 Å². The zero-order valence-corrected chi connectivity index (χ0v) is 90.5. The zero-order valence-electron chi connectivity index (χ0n) is 87.9. The van der Waals surface area contributed by atoms with E-state index < -0.39 is 278 Å². The van der Waals surface area contributed by atoms with Crippen molar-refractivity contribution >= 4 is 161 Å². The van der Waals surface area contributed by atoms with Crippen molar-refractivity contribution in [3.63, 3.8) is 0 Å². The van der Waals surface area contributed by atoms with Crippen LogP contribution in [-0.2, 0) is 95.9 Å². The molecule has 0 saturated carbocycles. The number of thiol groups is 2. The van der Waals surface area contributed by atoms with Gasteiger partial charge in [-0.1, -0.05) is 75.7 Å². The summed E-state index contributed by atoms with van der Waals surface area (Å²) in [6.45, 7) is 14.4. The molecule has 0 unspecified atom stereocenters. The average molecular weight is 2180 g/mol. The SMILES string of the molecule is CC[C@H](C)[C@H](NC(=O)[C@H](CS)NC(=O)[C@H](CCCCN)NC(=O)[C@@H]1CCCN1)C(=O)N[C@@H](CCSC)C(=O)N[C@@H](CCCCN)C(=O)N[C@@H](CCC(=O)O)C(=O)N[C@@H](CCCCN)C(=O)N[C@@H](CCCCN)C(=O)N[C@@H](CCCCN)C(=O)N[C@@H](CO)C(=O)N[C@@H](CC(C)C)C(=O)N[C@H](C(=O)N[C@@H](CCCN=C(N)N)C(=O)N[C@@H](CC(C)C)C(=O)N[C@@H](CO)C(=O)N[C@@H](CO)C(=O)N[C@@H](CS)C(=O)N[C@H](C(=O)O)C(C)C)C(C)C. The summed E-state index contributed by atoms with van der Waals surface area (Å²) < 4.78 is 0. The number of carboxylic acids is 2. The second-order valence-electron chi connectivity index (χ2n) is 38.5. The predicted octanol–water partition coefficient (Wildman–Crippen LogP) is -7.85. The van der Waals surface area contributed by atoms with Crippen LogP contribution in [0, 0.1) is 29.6 Å². The molecule has 0 aromatic heterocycles. The topological polar surface area (TPSA) is 866 Å². The summed E-state index contributed by atoms with van der Waals surface area (Å²) in [5, 5.41) is 100. The lowest BCUT2D eigenvalue weighted by atomic mass is 9.97. The molecule has 0 spiro atoms. The number of unbranched alkanes of at least 4 members (excludes halogenated alkanes) is 5. The third kappa shape index (κ3) is 53.3. The van der Waals surface area contributed by atoms with E-state index in [0.717, 1.165) is 6.42 Å². The van der Waals surface area contributed by atoms with Crippen LogP contribution >= 0.6 is 37.0 Å². The third-order valence-electron chi connectivity index (χ3n) is 24.4. The summed E-state index contributed by atoms with van der Waals surface area (Å²) in [5.41, 5.74) is 40.5. The maximum atomic E-state index is 14.9. The van der Waals surface area contributed by atoms with Gasteiger partial charge in [0.25, 0.3) is 0 Å². The van der Waals surface area contributed by atoms with Gasteiger partial charge in [0.1, 0.15) is 109 Å². The molecular weight excluding hydrogens is 2000 g/mol. The molecule has 0 aromatic carbocycles. The van der Waals surface area contributed by atoms with Gasteiger partial charge in [-0.3, -0.25) is 96.1 Å². The summed E-state index contributed by atoms with van der Waals surface area (Å²) in [4.78, 5) is 285. The molecular formula is C94H173N27O25S3. The van der Waals surface area contributed by atoms with Gasteiger partial charge in [0.2, 0.25) is 106 Å². The first-order valence-corrected chi connectivity index (χ1v) is 54.0. The second-order valence-corrected chi connectivity index (χ2v) is 40.2. The number of carbonyl (C=O) groups excluding carboxylic acids is 18. The molecule has 1 rings (SSSR count). The molecule has 1 saturated heterocycles. The van der Waals surface area contributed by atoms with Gasteiger partial charge in [-0.05, 0) is 229 Å².